The van der Waals surface area contributed by atoms with Gasteiger partial charge in [-0.3, -0.25) is 4.79 Å². The number of carbonyl (C=O) groups excluding carboxylic acids is 1. The maximum atomic E-state index is 11.7. The van der Waals surface area contributed by atoms with E-state index in [4.69, 9.17) is 5.73 Å². The molecule has 0 aliphatic rings. The molecule has 0 bridgehead atoms. The van der Waals surface area contributed by atoms with Crippen molar-refractivity contribution in [3.05, 3.63) is 20.8 Å². The number of carbonyl (C=O) groups is 1. The molecule has 1 amide bonds. The molecular formula is C13H21BrN2OS. The minimum absolute atomic E-state index is 0.134. The lowest BCUT2D eigenvalue weighted by Crippen LogP contribution is -2.23. The topological polar surface area (TPSA) is 55.1 Å². The summed E-state index contributed by atoms with van der Waals surface area (Å²) >= 11 is 5.06. The first-order chi connectivity index (χ1) is 8.65. The van der Waals surface area contributed by atoms with E-state index in [0.717, 1.165) is 23.0 Å². The lowest BCUT2D eigenvalue weighted by atomic mass is 9.96. The van der Waals surface area contributed by atoms with Gasteiger partial charge in [0.05, 0.1) is 10.3 Å². The summed E-state index contributed by atoms with van der Waals surface area (Å²) in [4.78, 5) is 12.9. The van der Waals surface area contributed by atoms with Gasteiger partial charge in [0, 0.05) is 11.3 Å². The zero-order valence-electron chi connectivity index (χ0n) is 10.7. The molecule has 1 atom stereocenters. The van der Waals surface area contributed by atoms with Gasteiger partial charge in [0.15, 0.2) is 0 Å². The van der Waals surface area contributed by atoms with Crippen LogP contribution in [-0.2, 0) is 11.3 Å². The third-order valence-corrected chi connectivity index (χ3v) is 4.64. The van der Waals surface area contributed by atoms with E-state index in [1.165, 1.54) is 4.88 Å². The minimum Gasteiger partial charge on any atom is -0.351 e. The summed E-state index contributed by atoms with van der Waals surface area (Å²) in [5.74, 6) is 0.714. The Morgan fingerprint density at radius 1 is 1.50 bits per heavy atom. The second kappa shape index (κ2) is 8.67. The first-order valence-corrected chi connectivity index (χ1v) is 7.97. The van der Waals surface area contributed by atoms with Crippen LogP contribution >= 0.6 is 27.3 Å². The molecule has 0 aliphatic heterocycles. The van der Waals surface area contributed by atoms with Gasteiger partial charge < -0.3 is 11.1 Å². The minimum atomic E-state index is 0.134. The molecule has 0 fully saturated rings. The lowest BCUT2D eigenvalue weighted by molar-refractivity contribution is -0.121. The molecule has 0 saturated carbocycles. The number of hydrogen-bond donors (Lipinski definition) is 2. The van der Waals surface area contributed by atoms with Gasteiger partial charge in [-0.2, -0.15) is 0 Å². The molecular weight excluding hydrogens is 312 g/mol. The molecule has 5 heteroatoms. The summed E-state index contributed by atoms with van der Waals surface area (Å²) in [6.07, 6.45) is 3.66. The Hall–Kier alpha value is -0.390. The molecule has 18 heavy (non-hydrogen) atoms. The van der Waals surface area contributed by atoms with E-state index in [2.05, 4.69) is 28.2 Å². The average molecular weight is 333 g/mol. The van der Waals surface area contributed by atoms with Crippen LogP contribution in [0.15, 0.2) is 15.9 Å². The Labute approximate surface area is 121 Å². The van der Waals surface area contributed by atoms with E-state index in [1.54, 1.807) is 11.3 Å². The predicted octanol–water partition coefficient (Wildman–Crippen LogP) is 3.28. The van der Waals surface area contributed by atoms with Gasteiger partial charge in [-0.05, 0) is 53.4 Å². The van der Waals surface area contributed by atoms with Crippen molar-refractivity contribution in [1.82, 2.24) is 5.32 Å². The number of halogens is 1. The summed E-state index contributed by atoms with van der Waals surface area (Å²) in [5.41, 5.74) is 5.54. The number of nitrogens with two attached hydrogens (primary N) is 1. The van der Waals surface area contributed by atoms with Crippen molar-refractivity contribution in [2.24, 2.45) is 11.7 Å². The van der Waals surface area contributed by atoms with Gasteiger partial charge in [-0.15, -0.1) is 11.3 Å². The van der Waals surface area contributed by atoms with E-state index < -0.39 is 0 Å². The molecule has 1 aromatic heterocycles. The number of nitrogens with one attached hydrogen (secondary N) is 1. The van der Waals surface area contributed by atoms with E-state index in [0.29, 0.717) is 25.4 Å². The Morgan fingerprint density at radius 2 is 2.28 bits per heavy atom. The highest BCUT2D eigenvalue weighted by Gasteiger charge is 2.09. The number of hydrogen-bond acceptors (Lipinski definition) is 3. The highest BCUT2D eigenvalue weighted by atomic mass is 79.9. The third-order valence-electron chi connectivity index (χ3n) is 3.02. The predicted molar refractivity (Wildman–Crippen MR) is 80.6 cm³/mol. The van der Waals surface area contributed by atoms with Crippen LogP contribution in [0.5, 0.6) is 0 Å². The molecule has 3 nitrogen and oxygen atoms in total. The summed E-state index contributed by atoms with van der Waals surface area (Å²) < 4.78 is 1.10. The van der Waals surface area contributed by atoms with Crippen LogP contribution in [0.3, 0.4) is 0 Å². The summed E-state index contributed by atoms with van der Waals surface area (Å²) in [5, 5.41) is 2.95. The fourth-order valence-electron chi connectivity index (χ4n) is 1.84. The zero-order chi connectivity index (χ0) is 13.4. The van der Waals surface area contributed by atoms with Crippen molar-refractivity contribution in [2.75, 3.05) is 6.54 Å². The van der Waals surface area contributed by atoms with Gasteiger partial charge in [-0.25, -0.2) is 0 Å². The van der Waals surface area contributed by atoms with Crippen LogP contribution in [0.1, 0.15) is 37.5 Å². The standard InChI is InChI=1S/C13H21BrN2OS/c1-2-10(7-8-15)3-6-13(17)16-9-11-4-5-12(14)18-11/h4-5,10H,2-3,6-9,15H2,1H3,(H,16,17). The molecule has 1 heterocycles. The van der Waals surface area contributed by atoms with Crippen LogP contribution in [0.25, 0.3) is 0 Å². The SMILES string of the molecule is CCC(CCN)CCC(=O)NCc1ccc(Br)s1. The van der Waals surface area contributed by atoms with Gasteiger partial charge in [0.1, 0.15) is 0 Å². The molecule has 3 N–H and O–H groups in total. The van der Waals surface area contributed by atoms with Crippen LogP contribution in [0.4, 0.5) is 0 Å². The normalized spacial score (nSPS) is 12.4. The van der Waals surface area contributed by atoms with Gasteiger partial charge in [-0.1, -0.05) is 13.3 Å². The molecule has 1 aromatic rings. The average Bonchev–Trinajstić information content (AvgIpc) is 2.77. The Balaban J connectivity index is 2.21. The molecule has 0 aromatic carbocycles. The van der Waals surface area contributed by atoms with Gasteiger partial charge >= 0.3 is 0 Å². The largest absolute Gasteiger partial charge is 0.351 e. The molecule has 102 valence electrons. The molecule has 1 rings (SSSR count). The van der Waals surface area contributed by atoms with Crippen LogP contribution in [0.2, 0.25) is 0 Å². The number of rotatable bonds is 8. The molecule has 0 saturated heterocycles. The Bertz CT molecular complexity index is 368. The smallest absolute Gasteiger partial charge is 0.220 e. The van der Waals surface area contributed by atoms with Crippen LogP contribution < -0.4 is 11.1 Å². The van der Waals surface area contributed by atoms with Gasteiger partial charge in [0.25, 0.3) is 0 Å². The Kier molecular flexibility index (Phi) is 7.54. The van der Waals surface area contributed by atoms with Gasteiger partial charge in [0.2, 0.25) is 5.91 Å². The maximum absolute atomic E-state index is 11.7. The highest BCUT2D eigenvalue weighted by molar-refractivity contribution is 9.11. The summed E-state index contributed by atoms with van der Waals surface area (Å²) in [6, 6.07) is 4.03. The maximum Gasteiger partial charge on any atom is 0.220 e. The van der Waals surface area contributed by atoms with Crippen molar-refractivity contribution >= 4 is 33.2 Å². The Morgan fingerprint density at radius 3 is 2.83 bits per heavy atom. The summed E-state index contributed by atoms with van der Waals surface area (Å²) in [7, 11) is 0. The number of amides is 1. The second-order valence-corrected chi connectivity index (χ2v) is 6.92. The van der Waals surface area contributed by atoms with Crippen molar-refractivity contribution in [3.63, 3.8) is 0 Å². The van der Waals surface area contributed by atoms with Crippen molar-refractivity contribution in [1.29, 1.82) is 0 Å². The third kappa shape index (κ3) is 5.98. The van der Waals surface area contributed by atoms with E-state index in [-0.39, 0.29) is 5.91 Å². The second-order valence-electron chi connectivity index (χ2n) is 4.37. The highest BCUT2D eigenvalue weighted by Crippen LogP contribution is 2.21. The van der Waals surface area contributed by atoms with E-state index in [1.807, 2.05) is 12.1 Å². The van der Waals surface area contributed by atoms with Crippen molar-refractivity contribution in [2.45, 2.75) is 39.2 Å². The first-order valence-electron chi connectivity index (χ1n) is 6.36. The summed E-state index contributed by atoms with van der Waals surface area (Å²) in [6.45, 7) is 3.49. The zero-order valence-corrected chi connectivity index (χ0v) is 13.1. The fourth-order valence-corrected chi connectivity index (χ4v) is 3.27. The van der Waals surface area contributed by atoms with E-state index in [9.17, 15) is 4.79 Å². The van der Waals surface area contributed by atoms with Crippen LogP contribution in [0, 0.1) is 5.92 Å². The quantitative estimate of drug-likeness (QED) is 0.767. The van der Waals surface area contributed by atoms with E-state index >= 15 is 0 Å². The van der Waals surface area contributed by atoms with Crippen molar-refractivity contribution in [3.8, 4) is 0 Å². The molecule has 1 unspecified atom stereocenters. The first kappa shape index (κ1) is 15.7. The molecule has 0 aliphatic carbocycles. The lowest BCUT2D eigenvalue weighted by Gasteiger charge is -2.12. The fraction of sp³-hybridized carbons (Fsp3) is 0.615. The monoisotopic (exact) mass is 332 g/mol. The number of thiophene rings is 1. The molecule has 0 spiro atoms. The van der Waals surface area contributed by atoms with Crippen LogP contribution in [-0.4, -0.2) is 12.5 Å². The molecule has 0 radical (unpaired) electrons. The van der Waals surface area contributed by atoms with Crippen molar-refractivity contribution < 1.29 is 4.79 Å².